The normalized spacial score (nSPS) is 18.9. The Hall–Kier alpha value is -2.80. The van der Waals surface area contributed by atoms with Gasteiger partial charge in [0.05, 0.1) is 25.8 Å². The standard InChI is InChI=1S/C22H20BrNO5/c1-28-16-8-4-7-15(21(16)29-2)18-17(19(25)12-9-10-12)20(26)22(27)24(18)14-6-3-5-13(23)11-14/h3-8,11-12,18,26H,9-10H2,1-2H3/t18-/m1/s1. The van der Waals surface area contributed by atoms with Crippen molar-refractivity contribution < 1.29 is 24.2 Å². The first-order valence-corrected chi connectivity index (χ1v) is 10.0. The molecule has 6 nitrogen and oxygen atoms in total. The van der Waals surface area contributed by atoms with E-state index in [1.54, 1.807) is 36.4 Å². The Bertz CT molecular complexity index is 1030. The van der Waals surface area contributed by atoms with Crippen molar-refractivity contribution in [2.45, 2.75) is 18.9 Å². The molecule has 1 saturated carbocycles. The number of benzene rings is 2. The molecule has 0 aromatic heterocycles. The number of para-hydroxylation sites is 1. The second kappa shape index (κ2) is 7.55. The molecule has 1 atom stereocenters. The Labute approximate surface area is 176 Å². The summed E-state index contributed by atoms with van der Waals surface area (Å²) < 4.78 is 11.8. The summed E-state index contributed by atoms with van der Waals surface area (Å²) in [6, 6.07) is 11.7. The molecule has 1 N–H and O–H groups in total. The molecule has 0 saturated heterocycles. The molecule has 0 radical (unpaired) electrons. The second-order valence-electron chi connectivity index (χ2n) is 7.04. The average Bonchev–Trinajstić information content (AvgIpc) is 3.53. The number of hydrogen-bond acceptors (Lipinski definition) is 5. The van der Waals surface area contributed by atoms with Crippen LogP contribution in [0.25, 0.3) is 0 Å². The number of amides is 1. The summed E-state index contributed by atoms with van der Waals surface area (Å²) in [5, 5.41) is 10.7. The highest BCUT2D eigenvalue weighted by Gasteiger charge is 2.48. The molecule has 0 spiro atoms. The van der Waals surface area contributed by atoms with Crippen LogP contribution in [-0.2, 0) is 9.59 Å². The van der Waals surface area contributed by atoms with E-state index < -0.39 is 17.7 Å². The zero-order chi connectivity index (χ0) is 20.7. The van der Waals surface area contributed by atoms with Crippen LogP contribution in [0.15, 0.2) is 58.3 Å². The van der Waals surface area contributed by atoms with Gasteiger partial charge in [0.15, 0.2) is 23.0 Å². The number of hydrogen-bond donors (Lipinski definition) is 1. The summed E-state index contributed by atoms with van der Waals surface area (Å²) in [6.45, 7) is 0. The van der Waals surface area contributed by atoms with Gasteiger partial charge in [0.1, 0.15) is 0 Å². The second-order valence-corrected chi connectivity index (χ2v) is 7.96. The molecule has 1 heterocycles. The van der Waals surface area contributed by atoms with Crippen LogP contribution >= 0.6 is 15.9 Å². The predicted octanol–water partition coefficient (Wildman–Crippen LogP) is 4.35. The summed E-state index contributed by atoms with van der Waals surface area (Å²) in [6.07, 6.45) is 1.53. The van der Waals surface area contributed by atoms with E-state index in [4.69, 9.17) is 9.47 Å². The Balaban J connectivity index is 1.93. The third-order valence-electron chi connectivity index (χ3n) is 5.24. The number of ketones is 1. The molecule has 29 heavy (non-hydrogen) atoms. The molecule has 2 aromatic carbocycles. The van der Waals surface area contributed by atoms with Crippen LogP contribution in [0.2, 0.25) is 0 Å². The van der Waals surface area contributed by atoms with Crippen molar-refractivity contribution in [2.75, 3.05) is 19.1 Å². The van der Waals surface area contributed by atoms with Gasteiger partial charge < -0.3 is 14.6 Å². The quantitative estimate of drug-likeness (QED) is 0.697. The molecule has 2 aliphatic rings. The maximum absolute atomic E-state index is 13.1. The highest BCUT2D eigenvalue weighted by Crippen LogP contribution is 2.49. The number of rotatable bonds is 6. The Morgan fingerprint density at radius 3 is 2.48 bits per heavy atom. The number of Topliss-reactive ketones (excluding diaryl/α,β-unsaturated/α-hetero) is 1. The largest absolute Gasteiger partial charge is 0.503 e. The molecular formula is C22H20BrNO5. The fourth-order valence-corrected chi connectivity index (χ4v) is 4.12. The molecule has 1 aliphatic carbocycles. The first kappa shape index (κ1) is 19.5. The number of aliphatic hydroxyl groups is 1. The van der Waals surface area contributed by atoms with Crippen molar-refractivity contribution in [1.29, 1.82) is 0 Å². The van der Waals surface area contributed by atoms with Gasteiger partial charge >= 0.3 is 0 Å². The maximum atomic E-state index is 13.1. The molecule has 4 rings (SSSR count). The predicted molar refractivity (Wildman–Crippen MR) is 111 cm³/mol. The van der Waals surface area contributed by atoms with Crippen LogP contribution in [0, 0.1) is 5.92 Å². The summed E-state index contributed by atoms with van der Waals surface area (Å²) in [7, 11) is 3.03. The number of nitrogens with zero attached hydrogens (tertiary/aromatic N) is 1. The van der Waals surface area contributed by atoms with Crippen molar-refractivity contribution in [3.05, 3.63) is 63.8 Å². The van der Waals surface area contributed by atoms with Crippen LogP contribution in [0.4, 0.5) is 5.69 Å². The lowest BCUT2D eigenvalue weighted by molar-refractivity contribution is -0.118. The molecule has 0 bridgehead atoms. The van der Waals surface area contributed by atoms with Crippen LogP contribution in [0.1, 0.15) is 24.4 Å². The van der Waals surface area contributed by atoms with Gasteiger partial charge in [-0.25, -0.2) is 0 Å². The van der Waals surface area contributed by atoms with E-state index in [2.05, 4.69) is 15.9 Å². The highest BCUT2D eigenvalue weighted by molar-refractivity contribution is 9.10. The van der Waals surface area contributed by atoms with Crippen molar-refractivity contribution in [3.63, 3.8) is 0 Å². The van der Waals surface area contributed by atoms with E-state index >= 15 is 0 Å². The van der Waals surface area contributed by atoms with Crippen LogP contribution in [0.3, 0.4) is 0 Å². The van der Waals surface area contributed by atoms with Gasteiger partial charge in [-0.2, -0.15) is 0 Å². The molecule has 150 valence electrons. The van der Waals surface area contributed by atoms with Gasteiger partial charge in [-0.15, -0.1) is 0 Å². The summed E-state index contributed by atoms with van der Waals surface area (Å²) >= 11 is 3.42. The minimum atomic E-state index is -0.810. The third kappa shape index (κ3) is 3.29. The minimum Gasteiger partial charge on any atom is -0.503 e. The van der Waals surface area contributed by atoms with Gasteiger partial charge in [0, 0.05) is 21.6 Å². The third-order valence-corrected chi connectivity index (χ3v) is 5.73. The number of ether oxygens (including phenoxy) is 2. The zero-order valence-electron chi connectivity index (χ0n) is 16.0. The SMILES string of the molecule is COc1cccc([C@@H]2C(C(=O)C3CC3)=C(O)C(=O)N2c2cccc(Br)c2)c1OC. The number of carbonyl (C=O) groups is 2. The molecule has 1 aliphatic heterocycles. The highest BCUT2D eigenvalue weighted by atomic mass is 79.9. The number of aliphatic hydroxyl groups excluding tert-OH is 1. The number of anilines is 1. The lowest BCUT2D eigenvalue weighted by atomic mass is 9.93. The lowest BCUT2D eigenvalue weighted by Gasteiger charge is -2.28. The van der Waals surface area contributed by atoms with Crippen molar-refractivity contribution in [1.82, 2.24) is 0 Å². The van der Waals surface area contributed by atoms with Crippen LogP contribution in [0.5, 0.6) is 11.5 Å². The Morgan fingerprint density at radius 2 is 1.86 bits per heavy atom. The molecule has 0 unspecified atom stereocenters. The first-order valence-electron chi connectivity index (χ1n) is 9.25. The smallest absolute Gasteiger partial charge is 0.294 e. The number of carbonyl (C=O) groups excluding carboxylic acids is 2. The topological polar surface area (TPSA) is 76.1 Å². The number of methoxy groups -OCH3 is 2. The van der Waals surface area contributed by atoms with Gasteiger partial charge in [-0.3, -0.25) is 14.5 Å². The minimum absolute atomic E-state index is 0.115. The van der Waals surface area contributed by atoms with Crippen molar-refractivity contribution in [2.24, 2.45) is 5.92 Å². The Kier molecular flexibility index (Phi) is 5.08. The molecular weight excluding hydrogens is 438 g/mol. The number of halogens is 1. The van der Waals surface area contributed by atoms with E-state index in [-0.39, 0.29) is 17.3 Å². The van der Waals surface area contributed by atoms with Crippen molar-refractivity contribution in [3.8, 4) is 11.5 Å². The summed E-state index contributed by atoms with van der Waals surface area (Å²) in [4.78, 5) is 27.6. The molecule has 7 heteroatoms. The van der Waals surface area contributed by atoms with Crippen LogP contribution < -0.4 is 14.4 Å². The summed E-state index contributed by atoms with van der Waals surface area (Å²) in [5.41, 5.74) is 1.25. The molecule has 2 aromatic rings. The fraction of sp³-hybridized carbons (Fsp3) is 0.273. The van der Waals surface area contributed by atoms with Gasteiger partial charge in [0.2, 0.25) is 0 Å². The van der Waals surface area contributed by atoms with E-state index in [0.717, 1.165) is 17.3 Å². The zero-order valence-corrected chi connectivity index (χ0v) is 17.6. The van der Waals surface area contributed by atoms with Crippen LogP contribution in [-0.4, -0.2) is 31.0 Å². The Morgan fingerprint density at radius 1 is 1.14 bits per heavy atom. The van der Waals surface area contributed by atoms with Gasteiger partial charge in [0.25, 0.3) is 5.91 Å². The van der Waals surface area contributed by atoms with E-state index in [1.165, 1.54) is 19.1 Å². The monoisotopic (exact) mass is 457 g/mol. The fourth-order valence-electron chi connectivity index (χ4n) is 3.74. The maximum Gasteiger partial charge on any atom is 0.294 e. The van der Waals surface area contributed by atoms with Gasteiger partial charge in [-0.05, 0) is 37.1 Å². The van der Waals surface area contributed by atoms with E-state index in [0.29, 0.717) is 22.7 Å². The molecule has 1 fully saturated rings. The lowest BCUT2D eigenvalue weighted by Crippen LogP contribution is -2.31. The average molecular weight is 458 g/mol. The first-order chi connectivity index (χ1) is 14.0. The summed E-state index contributed by atoms with van der Waals surface area (Å²) in [5.74, 6) is -0.553. The van der Waals surface area contributed by atoms with E-state index in [9.17, 15) is 14.7 Å². The van der Waals surface area contributed by atoms with E-state index in [1.807, 2.05) is 6.07 Å². The molecule has 1 amide bonds. The van der Waals surface area contributed by atoms with Crippen molar-refractivity contribution >= 4 is 33.3 Å². The van der Waals surface area contributed by atoms with Gasteiger partial charge in [-0.1, -0.05) is 34.1 Å².